The number of hydrogen-bond donors (Lipinski definition) is 0. The van der Waals surface area contributed by atoms with Crippen LogP contribution in [0.5, 0.6) is 0 Å². The lowest BCUT2D eigenvalue weighted by Crippen LogP contribution is -2.42. The predicted octanol–water partition coefficient (Wildman–Crippen LogP) is 0.927. The van der Waals surface area contributed by atoms with Crippen molar-refractivity contribution in [1.82, 2.24) is 9.80 Å². The summed E-state index contributed by atoms with van der Waals surface area (Å²) in [6.07, 6.45) is 0.941. The third-order valence-electron chi connectivity index (χ3n) is 2.38. The van der Waals surface area contributed by atoms with Gasteiger partial charge in [0, 0.05) is 13.1 Å². The normalized spacial score (nSPS) is 17.5. The lowest BCUT2D eigenvalue weighted by Gasteiger charge is -2.25. The molecule has 0 spiro atoms. The van der Waals surface area contributed by atoms with Crippen LogP contribution in [0.1, 0.15) is 12.8 Å². The number of amides is 1. The molecule has 3 nitrogen and oxygen atoms in total. The van der Waals surface area contributed by atoms with E-state index in [1.54, 1.807) is 4.90 Å². The molecule has 0 aromatic rings. The number of halogens is 3. The predicted molar refractivity (Wildman–Crippen MR) is 52.4 cm³/mol. The molecule has 0 aromatic carbocycles. The summed E-state index contributed by atoms with van der Waals surface area (Å²) in [4.78, 5) is 14.1. The van der Waals surface area contributed by atoms with E-state index < -0.39 is 13.4 Å². The van der Waals surface area contributed by atoms with Gasteiger partial charge in [-0.2, -0.15) is 0 Å². The van der Waals surface area contributed by atoms with Gasteiger partial charge < -0.3 is 22.7 Å². The van der Waals surface area contributed by atoms with Crippen LogP contribution in [0, 0.1) is 0 Å². The number of likely N-dealkylation sites (tertiary alicyclic amines) is 1. The largest absolute Gasteiger partial charge is 0.492 e. The molecule has 0 saturated carbocycles. The number of likely N-dealkylation sites (N-methyl/N-ethyl adjacent to an activating group) is 1. The maximum Gasteiger partial charge on any atom is 0.492 e. The van der Waals surface area contributed by atoms with Crippen molar-refractivity contribution in [2.75, 3.05) is 33.1 Å². The molecular formula is C8H15BF3N2O-. The number of rotatable bonds is 4. The molecule has 1 amide bonds. The van der Waals surface area contributed by atoms with Crippen molar-refractivity contribution in [3.05, 3.63) is 0 Å². The molecule has 0 atom stereocenters. The van der Waals surface area contributed by atoms with Gasteiger partial charge in [-0.3, -0.25) is 4.79 Å². The van der Waals surface area contributed by atoms with Gasteiger partial charge in [0.05, 0.1) is 6.54 Å². The Hall–Kier alpha value is -0.715. The fourth-order valence-electron chi connectivity index (χ4n) is 1.72. The zero-order chi connectivity index (χ0) is 11.5. The highest BCUT2D eigenvalue weighted by atomic mass is 19.4. The minimum atomic E-state index is -4.84. The van der Waals surface area contributed by atoms with Crippen molar-refractivity contribution in [2.45, 2.75) is 12.8 Å². The second-order valence-corrected chi connectivity index (χ2v) is 3.99. The molecule has 88 valence electrons. The van der Waals surface area contributed by atoms with Crippen molar-refractivity contribution in [3.8, 4) is 0 Å². The van der Waals surface area contributed by atoms with Crippen LogP contribution in [0.4, 0.5) is 12.9 Å². The summed E-state index contributed by atoms with van der Waals surface area (Å²) in [6, 6.07) is 0. The quantitative estimate of drug-likeness (QED) is 0.662. The molecule has 0 unspecified atom stereocenters. The number of hydrogen-bond acceptors (Lipinski definition) is 2. The summed E-state index contributed by atoms with van der Waals surface area (Å²) < 4.78 is 36.1. The zero-order valence-corrected chi connectivity index (χ0v) is 8.76. The van der Waals surface area contributed by atoms with E-state index >= 15 is 0 Å². The van der Waals surface area contributed by atoms with Crippen LogP contribution in [-0.2, 0) is 4.79 Å². The molecule has 0 aliphatic carbocycles. The van der Waals surface area contributed by atoms with Crippen molar-refractivity contribution < 1.29 is 17.7 Å². The highest BCUT2D eigenvalue weighted by Crippen LogP contribution is 2.11. The van der Waals surface area contributed by atoms with E-state index in [1.165, 1.54) is 7.05 Å². The van der Waals surface area contributed by atoms with Gasteiger partial charge >= 0.3 is 6.98 Å². The number of carbonyl (C=O) groups excluding carboxylic acids is 1. The Morgan fingerprint density at radius 3 is 2.33 bits per heavy atom. The maximum atomic E-state index is 12.0. The number of carbonyl (C=O) groups is 1. The van der Waals surface area contributed by atoms with E-state index in [0.29, 0.717) is 13.1 Å². The second kappa shape index (κ2) is 4.87. The van der Waals surface area contributed by atoms with Gasteiger partial charge in [0.15, 0.2) is 0 Å². The van der Waals surface area contributed by atoms with Crippen molar-refractivity contribution in [1.29, 1.82) is 0 Å². The molecule has 7 heteroatoms. The van der Waals surface area contributed by atoms with E-state index in [9.17, 15) is 17.7 Å². The summed E-state index contributed by atoms with van der Waals surface area (Å²) in [5.41, 5.74) is 0. The minimum Gasteiger partial charge on any atom is -0.448 e. The smallest absolute Gasteiger partial charge is 0.448 e. The maximum absolute atomic E-state index is 12.0. The van der Waals surface area contributed by atoms with E-state index in [4.69, 9.17) is 0 Å². The molecule has 1 heterocycles. The monoisotopic (exact) mass is 223 g/mol. The van der Waals surface area contributed by atoms with Gasteiger partial charge in [0.1, 0.15) is 0 Å². The number of nitrogens with zero attached hydrogens (tertiary/aromatic N) is 2. The van der Waals surface area contributed by atoms with Gasteiger partial charge in [0.25, 0.3) is 0 Å². The van der Waals surface area contributed by atoms with Crippen molar-refractivity contribution >= 4 is 12.9 Å². The summed E-state index contributed by atoms with van der Waals surface area (Å²) in [5.74, 6) is -0.199. The minimum absolute atomic E-state index is 0.138. The van der Waals surface area contributed by atoms with E-state index in [-0.39, 0.29) is 12.5 Å². The molecule has 0 bridgehead atoms. The van der Waals surface area contributed by atoms with Crippen LogP contribution in [0.25, 0.3) is 0 Å². The first-order valence-corrected chi connectivity index (χ1v) is 5.06. The fraction of sp³-hybridized carbons (Fsp3) is 0.875. The van der Waals surface area contributed by atoms with Crippen LogP contribution >= 0.6 is 0 Å². The SMILES string of the molecule is CN(CC(=O)N1CCCC1)C[B-](F)(F)F. The molecule has 1 saturated heterocycles. The lowest BCUT2D eigenvalue weighted by atomic mass is 9.91. The zero-order valence-electron chi connectivity index (χ0n) is 8.76. The Balaban J connectivity index is 2.30. The summed E-state index contributed by atoms with van der Waals surface area (Å²) >= 11 is 0. The Labute approximate surface area is 87.3 Å². The molecule has 1 aliphatic heterocycles. The summed E-state index contributed by atoms with van der Waals surface area (Å²) in [5, 5.41) is 0. The summed E-state index contributed by atoms with van der Waals surface area (Å²) in [7, 11) is 1.32. The third kappa shape index (κ3) is 4.55. The average Bonchev–Trinajstić information content (AvgIpc) is 2.50. The topological polar surface area (TPSA) is 23.6 Å². The highest BCUT2D eigenvalue weighted by molar-refractivity contribution is 6.58. The van der Waals surface area contributed by atoms with Crippen LogP contribution < -0.4 is 0 Å². The molecule has 0 aromatic heterocycles. The third-order valence-corrected chi connectivity index (χ3v) is 2.38. The average molecular weight is 223 g/mol. The molecule has 15 heavy (non-hydrogen) atoms. The standard InChI is InChI=1S/C8H15BF3N2O/c1-13(7-9(10,11)12)6-8(15)14-4-2-3-5-14/h2-7H2,1H3/q-1. The molecule has 0 radical (unpaired) electrons. The molecule has 1 aliphatic rings. The Bertz CT molecular complexity index is 228. The van der Waals surface area contributed by atoms with Crippen molar-refractivity contribution in [3.63, 3.8) is 0 Å². The Morgan fingerprint density at radius 1 is 1.33 bits per heavy atom. The van der Waals surface area contributed by atoms with Gasteiger partial charge in [-0.25, -0.2) is 0 Å². The first kappa shape index (κ1) is 12.4. The molecule has 1 rings (SSSR count). The fourth-order valence-corrected chi connectivity index (χ4v) is 1.72. The van der Waals surface area contributed by atoms with Gasteiger partial charge in [-0.15, -0.1) is 0 Å². The van der Waals surface area contributed by atoms with Crippen molar-refractivity contribution in [2.24, 2.45) is 0 Å². The van der Waals surface area contributed by atoms with Crippen LogP contribution in [-0.4, -0.2) is 55.8 Å². The van der Waals surface area contributed by atoms with Gasteiger partial charge in [-0.1, -0.05) is 0 Å². The molecular weight excluding hydrogens is 208 g/mol. The highest BCUT2D eigenvalue weighted by Gasteiger charge is 2.27. The van der Waals surface area contributed by atoms with E-state index in [0.717, 1.165) is 17.7 Å². The van der Waals surface area contributed by atoms with E-state index in [2.05, 4.69) is 0 Å². The van der Waals surface area contributed by atoms with Crippen LogP contribution in [0.3, 0.4) is 0 Å². The van der Waals surface area contributed by atoms with Crippen LogP contribution in [0.2, 0.25) is 0 Å². The lowest BCUT2D eigenvalue weighted by molar-refractivity contribution is -0.130. The Morgan fingerprint density at radius 2 is 1.87 bits per heavy atom. The second-order valence-electron chi connectivity index (χ2n) is 3.99. The van der Waals surface area contributed by atoms with Gasteiger partial charge in [-0.05, 0) is 26.3 Å². The molecule has 0 N–H and O–H groups in total. The van der Waals surface area contributed by atoms with Gasteiger partial charge in [0.2, 0.25) is 5.91 Å². The van der Waals surface area contributed by atoms with E-state index in [1.807, 2.05) is 0 Å². The molecule has 1 fully saturated rings. The first-order chi connectivity index (χ1) is 6.88. The summed E-state index contributed by atoms with van der Waals surface area (Å²) in [6.45, 7) is -3.61. The van der Waals surface area contributed by atoms with Crippen LogP contribution in [0.15, 0.2) is 0 Å². The first-order valence-electron chi connectivity index (χ1n) is 5.06. The Kier molecular flexibility index (Phi) is 4.01.